The van der Waals surface area contributed by atoms with Crippen LogP contribution < -0.4 is 4.74 Å². The van der Waals surface area contributed by atoms with E-state index in [2.05, 4.69) is 30.6 Å². The molecule has 172 valence electrons. The van der Waals surface area contributed by atoms with Crippen molar-refractivity contribution in [3.63, 3.8) is 0 Å². The fourth-order valence-corrected chi connectivity index (χ4v) is 4.50. The van der Waals surface area contributed by atoms with E-state index in [-0.39, 0.29) is 17.7 Å². The van der Waals surface area contributed by atoms with Gasteiger partial charge in [0.1, 0.15) is 22.9 Å². The molecule has 0 fully saturated rings. The van der Waals surface area contributed by atoms with Crippen molar-refractivity contribution < 1.29 is 14.6 Å². The van der Waals surface area contributed by atoms with Crippen LogP contribution in [0.1, 0.15) is 59.1 Å². The molecule has 0 radical (unpaired) electrons. The van der Waals surface area contributed by atoms with Gasteiger partial charge in [0.25, 0.3) is 5.91 Å². The van der Waals surface area contributed by atoms with Gasteiger partial charge in [-0.3, -0.25) is 9.89 Å². The molecule has 1 aliphatic heterocycles. The highest BCUT2D eigenvalue weighted by Gasteiger charge is 2.42. The zero-order chi connectivity index (χ0) is 23.7. The van der Waals surface area contributed by atoms with Gasteiger partial charge in [-0.25, -0.2) is 0 Å². The monoisotopic (exact) mass is 445 g/mol. The van der Waals surface area contributed by atoms with Crippen LogP contribution in [0, 0.1) is 19.8 Å². The van der Waals surface area contributed by atoms with Gasteiger partial charge in [0.05, 0.1) is 12.6 Å². The molecule has 0 spiro atoms. The molecule has 2 aromatic carbocycles. The van der Waals surface area contributed by atoms with E-state index in [9.17, 15) is 9.90 Å². The zero-order valence-electron chi connectivity index (χ0n) is 19.7. The summed E-state index contributed by atoms with van der Waals surface area (Å²) in [4.78, 5) is 15.1. The van der Waals surface area contributed by atoms with Crippen molar-refractivity contribution in [1.29, 1.82) is 0 Å². The molecule has 0 aliphatic carbocycles. The molecule has 1 amide bonds. The molecule has 0 saturated carbocycles. The quantitative estimate of drug-likeness (QED) is 0.445. The number of aromatic nitrogens is 2. The van der Waals surface area contributed by atoms with Gasteiger partial charge >= 0.3 is 0 Å². The van der Waals surface area contributed by atoms with E-state index in [1.54, 1.807) is 17.0 Å². The minimum atomic E-state index is -0.368. The summed E-state index contributed by atoms with van der Waals surface area (Å²) in [6.45, 7) is 13.1. The van der Waals surface area contributed by atoms with Gasteiger partial charge in [-0.05, 0) is 61.1 Å². The Bertz CT molecular complexity index is 1170. The molecule has 1 atom stereocenters. The predicted octanol–water partition coefficient (Wildman–Crippen LogP) is 5.56. The summed E-state index contributed by atoms with van der Waals surface area (Å²) in [5.74, 6) is 1.35. The molecule has 1 aromatic heterocycles. The van der Waals surface area contributed by atoms with Gasteiger partial charge in [-0.15, -0.1) is 6.58 Å². The van der Waals surface area contributed by atoms with Crippen LogP contribution in [0.3, 0.4) is 0 Å². The second-order valence-corrected chi connectivity index (χ2v) is 9.09. The smallest absolute Gasteiger partial charge is 0.273 e. The molecule has 3 aromatic rings. The number of nitrogens with zero attached hydrogens (tertiary/aromatic N) is 2. The Morgan fingerprint density at radius 1 is 1.27 bits per heavy atom. The maximum Gasteiger partial charge on any atom is 0.273 e. The van der Waals surface area contributed by atoms with Crippen LogP contribution in [0.25, 0.3) is 11.3 Å². The Morgan fingerprint density at radius 2 is 2.06 bits per heavy atom. The number of amides is 1. The maximum absolute atomic E-state index is 13.3. The average Bonchev–Trinajstić information content (AvgIpc) is 3.27. The first-order chi connectivity index (χ1) is 15.8. The molecule has 1 unspecified atom stereocenters. The van der Waals surface area contributed by atoms with Gasteiger partial charge in [-0.2, -0.15) is 5.10 Å². The molecular weight excluding hydrogens is 414 g/mol. The highest BCUT2D eigenvalue weighted by molar-refractivity contribution is 6.00. The normalized spacial score (nSPS) is 15.2. The van der Waals surface area contributed by atoms with Gasteiger partial charge in [0, 0.05) is 17.7 Å². The van der Waals surface area contributed by atoms with E-state index in [0.717, 1.165) is 34.4 Å². The Labute approximate surface area is 194 Å². The maximum atomic E-state index is 13.3. The molecule has 6 heteroatoms. The van der Waals surface area contributed by atoms with Crippen LogP contribution >= 0.6 is 0 Å². The van der Waals surface area contributed by atoms with Crippen LogP contribution in [0.2, 0.25) is 0 Å². The number of rotatable bonds is 8. The number of hydrogen-bond acceptors (Lipinski definition) is 4. The lowest BCUT2D eigenvalue weighted by atomic mass is 9.93. The van der Waals surface area contributed by atoms with Crippen molar-refractivity contribution >= 4 is 5.91 Å². The van der Waals surface area contributed by atoms with Crippen LogP contribution in [-0.4, -0.2) is 39.3 Å². The molecule has 4 rings (SSSR count). The number of nitrogens with one attached hydrogen (secondary N) is 1. The second kappa shape index (κ2) is 9.14. The number of phenolic OH excluding ortho intramolecular Hbond substituents is 1. The number of H-pyrrole nitrogens is 1. The number of aryl methyl sites for hydroxylation is 2. The van der Waals surface area contributed by atoms with E-state index >= 15 is 0 Å². The fraction of sp³-hybridized carbons (Fsp3) is 0.333. The van der Waals surface area contributed by atoms with Crippen molar-refractivity contribution in [3.05, 3.63) is 77.0 Å². The van der Waals surface area contributed by atoms with Crippen LogP contribution in [-0.2, 0) is 0 Å². The highest BCUT2D eigenvalue weighted by Crippen LogP contribution is 2.45. The summed E-state index contributed by atoms with van der Waals surface area (Å²) in [7, 11) is 0. The largest absolute Gasteiger partial charge is 0.507 e. The summed E-state index contributed by atoms with van der Waals surface area (Å²) >= 11 is 0. The molecule has 33 heavy (non-hydrogen) atoms. The first kappa shape index (κ1) is 22.6. The van der Waals surface area contributed by atoms with Crippen molar-refractivity contribution in [1.82, 2.24) is 15.1 Å². The molecule has 6 nitrogen and oxygen atoms in total. The van der Waals surface area contributed by atoms with Crippen LogP contribution in [0.15, 0.2) is 49.1 Å². The average molecular weight is 446 g/mol. The van der Waals surface area contributed by atoms with Crippen molar-refractivity contribution in [2.24, 2.45) is 5.92 Å². The van der Waals surface area contributed by atoms with Gasteiger partial charge in [-0.1, -0.05) is 38.1 Å². The number of fused-ring (bicyclic) bond motifs is 1. The van der Waals surface area contributed by atoms with Gasteiger partial charge in [0.15, 0.2) is 0 Å². The summed E-state index contributed by atoms with van der Waals surface area (Å²) < 4.78 is 5.99. The first-order valence-electron chi connectivity index (χ1n) is 11.3. The summed E-state index contributed by atoms with van der Waals surface area (Å²) in [5, 5.41) is 18.2. The molecule has 0 saturated heterocycles. The Balaban J connectivity index is 1.81. The van der Waals surface area contributed by atoms with Crippen molar-refractivity contribution in [3.8, 4) is 22.8 Å². The van der Waals surface area contributed by atoms with Gasteiger partial charge < -0.3 is 14.7 Å². The standard InChI is InChI=1S/C27H31N3O3/c1-6-11-30-26(19-8-7-9-20(15-19)33-12-10-16(2)3)23-24(28-29-25(23)27(30)32)22-18(5)13-17(4)14-21(22)31/h6-9,13-16,26,31H,1,10-12H2,2-5H3,(H,28,29). The number of ether oxygens (including phenoxy) is 1. The molecule has 2 N–H and O–H groups in total. The van der Waals surface area contributed by atoms with Crippen molar-refractivity contribution in [2.45, 2.75) is 40.2 Å². The van der Waals surface area contributed by atoms with Crippen molar-refractivity contribution in [2.75, 3.05) is 13.2 Å². The third-order valence-corrected chi connectivity index (χ3v) is 6.02. The SMILES string of the molecule is C=CCN1C(=O)c2[nH]nc(-c3c(C)cc(C)cc3O)c2C1c1cccc(OCCC(C)C)c1. The minimum Gasteiger partial charge on any atom is -0.507 e. The van der Waals surface area contributed by atoms with E-state index in [4.69, 9.17) is 4.74 Å². The molecule has 0 bridgehead atoms. The molecular formula is C27H31N3O3. The second-order valence-electron chi connectivity index (χ2n) is 9.09. The Hall–Kier alpha value is -3.54. The lowest BCUT2D eigenvalue weighted by Gasteiger charge is -2.26. The summed E-state index contributed by atoms with van der Waals surface area (Å²) in [5.41, 5.74) is 5.24. The number of carbonyl (C=O) groups excluding carboxylic acids is 1. The molecule has 1 aliphatic rings. The number of carbonyl (C=O) groups is 1. The Morgan fingerprint density at radius 3 is 2.76 bits per heavy atom. The topological polar surface area (TPSA) is 78.5 Å². The number of hydrogen-bond donors (Lipinski definition) is 2. The third kappa shape index (κ3) is 4.25. The number of phenols is 1. The highest BCUT2D eigenvalue weighted by atomic mass is 16.5. The number of benzene rings is 2. The van der Waals surface area contributed by atoms with E-state index in [1.807, 2.05) is 44.2 Å². The number of aromatic hydroxyl groups is 1. The molecule has 2 heterocycles. The summed E-state index contributed by atoms with van der Waals surface area (Å²) in [6.07, 6.45) is 2.69. The van der Waals surface area contributed by atoms with Crippen LogP contribution in [0.4, 0.5) is 0 Å². The lowest BCUT2D eigenvalue weighted by molar-refractivity contribution is 0.0764. The fourth-order valence-electron chi connectivity index (χ4n) is 4.50. The van der Waals surface area contributed by atoms with Crippen LogP contribution in [0.5, 0.6) is 11.5 Å². The van der Waals surface area contributed by atoms with E-state index < -0.39 is 0 Å². The first-order valence-corrected chi connectivity index (χ1v) is 11.3. The minimum absolute atomic E-state index is 0.135. The lowest BCUT2D eigenvalue weighted by Crippen LogP contribution is -2.29. The Kier molecular flexibility index (Phi) is 6.27. The third-order valence-electron chi connectivity index (χ3n) is 6.02. The van der Waals surface area contributed by atoms with E-state index in [1.165, 1.54) is 0 Å². The van der Waals surface area contributed by atoms with Gasteiger partial charge in [0.2, 0.25) is 0 Å². The predicted molar refractivity (Wildman–Crippen MR) is 130 cm³/mol. The zero-order valence-corrected chi connectivity index (χ0v) is 19.7. The van der Waals surface area contributed by atoms with E-state index in [0.29, 0.717) is 36.0 Å². The number of aromatic amines is 1. The summed E-state index contributed by atoms with van der Waals surface area (Å²) in [6, 6.07) is 11.2.